The van der Waals surface area contributed by atoms with Crippen molar-refractivity contribution in [1.82, 2.24) is 4.90 Å². The predicted molar refractivity (Wildman–Crippen MR) is 66.9 cm³/mol. The van der Waals surface area contributed by atoms with Crippen LogP contribution in [0.3, 0.4) is 0 Å². The molecule has 0 saturated carbocycles. The van der Waals surface area contributed by atoms with Gasteiger partial charge in [-0.15, -0.1) is 12.6 Å². The first kappa shape index (κ1) is 14.0. The van der Waals surface area contributed by atoms with E-state index in [1.807, 2.05) is 0 Å². The molecule has 3 nitrogen and oxygen atoms in total. The van der Waals surface area contributed by atoms with Crippen LogP contribution in [0.5, 0.6) is 0 Å². The fourth-order valence-electron chi connectivity index (χ4n) is 1.52. The van der Waals surface area contributed by atoms with Crippen LogP contribution in [-0.4, -0.2) is 35.1 Å². The second-order valence-electron chi connectivity index (χ2n) is 4.64. The van der Waals surface area contributed by atoms with Gasteiger partial charge < -0.3 is 10.0 Å². The quantitative estimate of drug-likeness (QED) is 0.813. The van der Waals surface area contributed by atoms with Crippen LogP contribution in [0.2, 0.25) is 0 Å². The van der Waals surface area contributed by atoms with E-state index in [1.54, 1.807) is 20.9 Å². The van der Waals surface area contributed by atoms with E-state index in [1.165, 1.54) is 23.1 Å². The van der Waals surface area contributed by atoms with Crippen LogP contribution >= 0.6 is 12.6 Å². The lowest BCUT2D eigenvalue weighted by Gasteiger charge is -2.25. The zero-order chi connectivity index (χ0) is 13.2. The Morgan fingerprint density at radius 3 is 2.59 bits per heavy atom. The number of likely N-dealkylation sites (N-methyl/N-ethyl adjacent to an activating group) is 1. The van der Waals surface area contributed by atoms with Gasteiger partial charge in [-0.1, -0.05) is 0 Å². The summed E-state index contributed by atoms with van der Waals surface area (Å²) >= 11 is 3.92. The molecular formula is C12H16FNO2S. The van der Waals surface area contributed by atoms with Crippen molar-refractivity contribution in [2.24, 2.45) is 0 Å². The number of halogens is 1. The maximum Gasteiger partial charge on any atom is 0.253 e. The Kier molecular flexibility index (Phi) is 4.16. The first-order valence-electron chi connectivity index (χ1n) is 5.17. The number of rotatable bonds is 3. The summed E-state index contributed by atoms with van der Waals surface area (Å²) in [6.45, 7) is 3.43. The topological polar surface area (TPSA) is 40.5 Å². The molecule has 17 heavy (non-hydrogen) atoms. The van der Waals surface area contributed by atoms with Crippen LogP contribution in [0.4, 0.5) is 4.39 Å². The van der Waals surface area contributed by atoms with E-state index in [2.05, 4.69) is 12.6 Å². The molecule has 0 heterocycles. The minimum absolute atomic E-state index is 0.132. The van der Waals surface area contributed by atoms with Gasteiger partial charge in [-0.25, -0.2) is 4.39 Å². The van der Waals surface area contributed by atoms with Crippen molar-refractivity contribution in [1.29, 1.82) is 0 Å². The first-order valence-corrected chi connectivity index (χ1v) is 5.62. The zero-order valence-electron chi connectivity index (χ0n) is 10.1. The third-order valence-electron chi connectivity index (χ3n) is 2.16. The third-order valence-corrected chi connectivity index (χ3v) is 2.51. The monoisotopic (exact) mass is 257 g/mol. The molecule has 0 aliphatic carbocycles. The van der Waals surface area contributed by atoms with Crippen LogP contribution in [0.1, 0.15) is 24.2 Å². The van der Waals surface area contributed by atoms with Gasteiger partial charge >= 0.3 is 0 Å². The summed E-state index contributed by atoms with van der Waals surface area (Å²) in [5.41, 5.74) is -0.614. The number of carbonyl (C=O) groups is 1. The fourth-order valence-corrected chi connectivity index (χ4v) is 1.73. The van der Waals surface area contributed by atoms with Gasteiger partial charge in [0.25, 0.3) is 5.91 Å². The highest BCUT2D eigenvalue weighted by Crippen LogP contribution is 2.16. The number of benzene rings is 1. The summed E-state index contributed by atoms with van der Waals surface area (Å²) in [7, 11) is 1.59. The van der Waals surface area contributed by atoms with E-state index in [0.29, 0.717) is 5.56 Å². The molecule has 1 aromatic rings. The molecule has 0 aromatic heterocycles. The van der Waals surface area contributed by atoms with Gasteiger partial charge in [0.05, 0.1) is 5.60 Å². The smallest absolute Gasteiger partial charge is 0.253 e. The van der Waals surface area contributed by atoms with E-state index < -0.39 is 11.4 Å². The minimum atomic E-state index is -0.964. The first-order chi connectivity index (χ1) is 7.70. The molecule has 0 atom stereocenters. The highest BCUT2D eigenvalue weighted by Gasteiger charge is 2.20. The van der Waals surface area contributed by atoms with Crippen LogP contribution in [0.25, 0.3) is 0 Å². The van der Waals surface area contributed by atoms with Crippen molar-refractivity contribution in [3.63, 3.8) is 0 Å². The van der Waals surface area contributed by atoms with E-state index in [-0.39, 0.29) is 17.3 Å². The molecule has 94 valence electrons. The average molecular weight is 257 g/mol. The summed E-state index contributed by atoms with van der Waals surface area (Å²) in [5.74, 6) is -0.738. The number of hydrogen-bond acceptors (Lipinski definition) is 3. The van der Waals surface area contributed by atoms with Gasteiger partial charge in [0.1, 0.15) is 5.82 Å². The van der Waals surface area contributed by atoms with Crippen LogP contribution in [0.15, 0.2) is 23.1 Å². The van der Waals surface area contributed by atoms with E-state index in [4.69, 9.17) is 0 Å². The number of hydrogen-bond donors (Lipinski definition) is 2. The standard InChI is InChI=1S/C12H16FNO2S/c1-12(2,16)7-14(3)11(15)8-4-5-9(13)10(17)6-8/h4-6,16-17H,7H2,1-3H3. The highest BCUT2D eigenvalue weighted by molar-refractivity contribution is 7.80. The van der Waals surface area contributed by atoms with Gasteiger partial charge in [0, 0.05) is 24.1 Å². The molecule has 1 aromatic carbocycles. The Morgan fingerprint density at radius 1 is 1.53 bits per heavy atom. The second kappa shape index (κ2) is 5.06. The molecule has 5 heteroatoms. The molecule has 0 bridgehead atoms. The molecule has 1 amide bonds. The lowest BCUT2D eigenvalue weighted by atomic mass is 10.1. The van der Waals surface area contributed by atoms with Gasteiger partial charge in [0.2, 0.25) is 0 Å². The molecular weight excluding hydrogens is 241 g/mol. The number of nitrogens with zero attached hydrogens (tertiary/aromatic N) is 1. The number of aliphatic hydroxyl groups is 1. The largest absolute Gasteiger partial charge is 0.389 e. The van der Waals surface area contributed by atoms with E-state index in [0.717, 1.165) is 0 Å². The summed E-state index contributed by atoms with van der Waals surface area (Å²) in [5, 5.41) is 9.61. The zero-order valence-corrected chi connectivity index (χ0v) is 11.0. The lowest BCUT2D eigenvalue weighted by Crippen LogP contribution is -2.39. The fraction of sp³-hybridized carbons (Fsp3) is 0.417. The van der Waals surface area contributed by atoms with Crippen LogP contribution in [-0.2, 0) is 0 Å². The van der Waals surface area contributed by atoms with Gasteiger partial charge in [0.15, 0.2) is 0 Å². The Labute approximate surface area is 106 Å². The second-order valence-corrected chi connectivity index (χ2v) is 5.12. The maximum absolute atomic E-state index is 13.0. The van der Waals surface area contributed by atoms with Gasteiger partial charge in [-0.3, -0.25) is 4.79 Å². The Bertz CT molecular complexity index is 429. The molecule has 0 radical (unpaired) electrons. The van der Waals surface area contributed by atoms with Crippen molar-refractivity contribution in [2.75, 3.05) is 13.6 Å². The summed E-state index contributed by atoms with van der Waals surface area (Å²) < 4.78 is 13.0. The molecule has 0 spiro atoms. The van der Waals surface area contributed by atoms with Gasteiger partial charge in [-0.05, 0) is 32.0 Å². The summed E-state index contributed by atoms with van der Waals surface area (Å²) in [6, 6.07) is 3.98. The maximum atomic E-state index is 13.0. The summed E-state index contributed by atoms with van der Waals surface area (Å²) in [6.07, 6.45) is 0. The van der Waals surface area contributed by atoms with Crippen molar-refractivity contribution in [3.05, 3.63) is 29.6 Å². The SMILES string of the molecule is CN(CC(C)(C)O)C(=O)c1ccc(F)c(S)c1. The Morgan fingerprint density at radius 2 is 2.12 bits per heavy atom. The normalized spacial score (nSPS) is 11.4. The van der Waals surface area contributed by atoms with Crippen molar-refractivity contribution in [2.45, 2.75) is 24.3 Å². The van der Waals surface area contributed by atoms with E-state index >= 15 is 0 Å². The minimum Gasteiger partial charge on any atom is -0.389 e. The molecule has 0 saturated heterocycles. The molecule has 0 fully saturated rings. The number of amides is 1. The molecule has 0 aliphatic heterocycles. The summed E-state index contributed by atoms with van der Waals surface area (Å²) in [4.78, 5) is 13.5. The molecule has 1 N–H and O–H groups in total. The molecule has 0 unspecified atom stereocenters. The third kappa shape index (κ3) is 4.02. The predicted octanol–water partition coefficient (Wildman–Crippen LogP) is 1.96. The van der Waals surface area contributed by atoms with Crippen molar-refractivity contribution >= 4 is 18.5 Å². The van der Waals surface area contributed by atoms with Crippen LogP contribution in [0, 0.1) is 5.82 Å². The highest BCUT2D eigenvalue weighted by atomic mass is 32.1. The molecule has 1 rings (SSSR count). The molecule has 0 aliphatic rings. The van der Waals surface area contributed by atoms with Crippen molar-refractivity contribution < 1.29 is 14.3 Å². The van der Waals surface area contributed by atoms with Crippen molar-refractivity contribution in [3.8, 4) is 0 Å². The Hall–Kier alpha value is -1.07. The van der Waals surface area contributed by atoms with Gasteiger partial charge in [-0.2, -0.15) is 0 Å². The number of carbonyl (C=O) groups excluding carboxylic acids is 1. The van der Waals surface area contributed by atoms with Crippen LogP contribution < -0.4 is 0 Å². The van der Waals surface area contributed by atoms with E-state index in [9.17, 15) is 14.3 Å². The average Bonchev–Trinajstić information content (AvgIpc) is 2.18. The number of thiol groups is 1. The Balaban J connectivity index is 2.85. The lowest BCUT2D eigenvalue weighted by molar-refractivity contribution is 0.0367.